The van der Waals surface area contributed by atoms with Crippen molar-refractivity contribution in [1.29, 1.82) is 0 Å². The second-order valence-corrected chi connectivity index (χ2v) is 8.07. The highest BCUT2D eigenvalue weighted by atomic mass is 16.5. The average Bonchev–Trinajstić information content (AvgIpc) is 3.52. The smallest absolute Gasteiger partial charge is 0.191 e. The SMILES string of the molecule is CCNC(=NCC1(CCO)CCOC1)NCCN(CC1CC1)C1CC1. The third-order valence-corrected chi connectivity index (χ3v) is 5.69. The van der Waals surface area contributed by atoms with Gasteiger partial charge in [0.1, 0.15) is 0 Å². The Hall–Kier alpha value is -0.850. The highest BCUT2D eigenvalue weighted by Crippen LogP contribution is 2.34. The molecule has 2 saturated carbocycles. The van der Waals surface area contributed by atoms with Gasteiger partial charge in [-0.05, 0) is 51.4 Å². The van der Waals surface area contributed by atoms with Gasteiger partial charge in [-0.1, -0.05) is 0 Å². The van der Waals surface area contributed by atoms with Crippen LogP contribution in [0, 0.1) is 11.3 Å². The van der Waals surface area contributed by atoms with E-state index in [1.807, 2.05) is 0 Å². The third-order valence-electron chi connectivity index (χ3n) is 5.69. The Morgan fingerprint density at radius 1 is 1.28 bits per heavy atom. The van der Waals surface area contributed by atoms with Crippen LogP contribution in [0.25, 0.3) is 0 Å². The van der Waals surface area contributed by atoms with Crippen molar-refractivity contribution in [2.45, 2.75) is 51.5 Å². The summed E-state index contributed by atoms with van der Waals surface area (Å²) >= 11 is 0. The summed E-state index contributed by atoms with van der Waals surface area (Å²) in [5, 5.41) is 16.2. The second-order valence-electron chi connectivity index (χ2n) is 8.07. The van der Waals surface area contributed by atoms with Crippen molar-refractivity contribution >= 4 is 5.96 Å². The summed E-state index contributed by atoms with van der Waals surface area (Å²) in [4.78, 5) is 7.47. The second kappa shape index (κ2) is 9.19. The molecule has 0 aromatic carbocycles. The van der Waals surface area contributed by atoms with E-state index < -0.39 is 0 Å². The van der Waals surface area contributed by atoms with Crippen molar-refractivity contribution in [1.82, 2.24) is 15.5 Å². The Labute approximate surface area is 152 Å². The maximum Gasteiger partial charge on any atom is 0.191 e. The van der Waals surface area contributed by atoms with Gasteiger partial charge in [0.2, 0.25) is 0 Å². The van der Waals surface area contributed by atoms with Crippen LogP contribution >= 0.6 is 0 Å². The monoisotopic (exact) mass is 352 g/mol. The zero-order valence-corrected chi connectivity index (χ0v) is 15.8. The third kappa shape index (κ3) is 6.12. The average molecular weight is 353 g/mol. The van der Waals surface area contributed by atoms with Crippen molar-refractivity contribution < 1.29 is 9.84 Å². The van der Waals surface area contributed by atoms with E-state index in [0.717, 1.165) is 63.5 Å². The molecule has 2 aliphatic carbocycles. The lowest BCUT2D eigenvalue weighted by molar-refractivity contribution is 0.131. The molecule has 0 radical (unpaired) electrons. The van der Waals surface area contributed by atoms with Gasteiger partial charge in [-0.3, -0.25) is 9.89 Å². The lowest BCUT2D eigenvalue weighted by Gasteiger charge is -2.25. The van der Waals surface area contributed by atoms with Crippen LogP contribution in [-0.4, -0.2) is 74.6 Å². The van der Waals surface area contributed by atoms with E-state index in [4.69, 9.17) is 9.73 Å². The summed E-state index contributed by atoms with van der Waals surface area (Å²) in [5.74, 6) is 1.86. The summed E-state index contributed by atoms with van der Waals surface area (Å²) in [5.41, 5.74) is 0.0170. The quantitative estimate of drug-likeness (QED) is 0.385. The number of rotatable bonds is 11. The number of hydrogen-bond acceptors (Lipinski definition) is 4. The fourth-order valence-corrected chi connectivity index (χ4v) is 3.69. The van der Waals surface area contributed by atoms with Gasteiger partial charge in [-0.2, -0.15) is 0 Å². The van der Waals surface area contributed by atoms with Gasteiger partial charge in [0, 0.05) is 50.8 Å². The number of aliphatic hydroxyl groups excluding tert-OH is 1. The maximum atomic E-state index is 9.36. The first kappa shape index (κ1) is 18.9. The number of guanidine groups is 1. The van der Waals surface area contributed by atoms with Gasteiger partial charge in [-0.15, -0.1) is 0 Å². The number of nitrogens with zero attached hydrogens (tertiary/aromatic N) is 2. The first-order chi connectivity index (χ1) is 12.2. The van der Waals surface area contributed by atoms with Gasteiger partial charge < -0.3 is 20.5 Å². The zero-order valence-electron chi connectivity index (χ0n) is 15.8. The van der Waals surface area contributed by atoms with E-state index >= 15 is 0 Å². The normalized spacial score (nSPS) is 27.1. The molecule has 0 bridgehead atoms. The Bertz CT molecular complexity index is 429. The predicted octanol–water partition coefficient (Wildman–Crippen LogP) is 1.21. The van der Waals surface area contributed by atoms with Crippen LogP contribution in [0.1, 0.15) is 45.4 Å². The zero-order chi connectivity index (χ0) is 17.5. The molecule has 3 fully saturated rings. The number of aliphatic imine (C=N–C) groups is 1. The number of ether oxygens (including phenoxy) is 1. The van der Waals surface area contributed by atoms with Crippen LogP contribution in [0.5, 0.6) is 0 Å². The van der Waals surface area contributed by atoms with Crippen LogP contribution in [-0.2, 0) is 4.74 Å². The molecule has 1 saturated heterocycles. The highest BCUT2D eigenvalue weighted by Gasteiger charge is 2.35. The fourth-order valence-electron chi connectivity index (χ4n) is 3.69. The lowest BCUT2D eigenvalue weighted by Crippen LogP contribution is -2.43. The van der Waals surface area contributed by atoms with Crippen molar-refractivity contribution in [3.8, 4) is 0 Å². The largest absolute Gasteiger partial charge is 0.396 e. The Morgan fingerprint density at radius 2 is 2.12 bits per heavy atom. The molecule has 0 spiro atoms. The molecule has 3 rings (SSSR count). The van der Waals surface area contributed by atoms with E-state index in [-0.39, 0.29) is 12.0 Å². The summed E-state index contributed by atoms with van der Waals surface area (Å²) in [6.45, 7) is 8.74. The van der Waals surface area contributed by atoms with Crippen LogP contribution in [0.3, 0.4) is 0 Å². The lowest BCUT2D eigenvalue weighted by atomic mass is 9.84. The standard InChI is InChI=1S/C19H36N4O2/c1-2-20-18(22-14-19(7-11-24)8-12-25-15-19)21-9-10-23(17-5-6-17)13-16-3-4-16/h16-17,24H,2-15H2,1H3,(H2,20,21,22). The van der Waals surface area contributed by atoms with Gasteiger partial charge in [0.25, 0.3) is 0 Å². The fraction of sp³-hybridized carbons (Fsp3) is 0.947. The molecule has 3 N–H and O–H groups in total. The van der Waals surface area contributed by atoms with E-state index in [9.17, 15) is 5.11 Å². The maximum absolute atomic E-state index is 9.36. The van der Waals surface area contributed by atoms with E-state index in [1.54, 1.807) is 0 Å². The van der Waals surface area contributed by atoms with Gasteiger partial charge in [-0.25, -0.2) is 0 Å². The molecular weight excluding hydrogens is 316 g/mol. The van der Waals surface area contributed by atoms with Gasteiger partial charge >= 0.3 is 0 Å². The van der Waals surface area contributed by atoms with Gasteiger partial charge in [0.05, 0.1) is 13.2 Å². The molecule has 0 amide bonds. The molecule has 3 aliphatic rings. The summed E-state index contributed by atoms with van der Waals surface area (Å²) in [6.07, 6.45) is 7.38. The van der Waals surface area contributed by atoms with Gasteiger partial charge in [0.15, 0.2) is 5.96 Å². The van der Waals surface area contributed by atoms with Crippen LogP contribution in [0.2, 0.25) is 0 Å². The summed E-state index contributed by atoms with van der Waals surface area (Å²) in [6, 6.07) is 0.838. The van der Waals surface area contributed by atoms with Crippen LogP contribution in [0.4, 0.5) is 0 Å². The summed E-state index contributed by atoms with van der Waals surface area (Å²) in [7, 11) is 0. The minimum absolute atomic E-state index is 0.0170. The van der Waals surface area contributed by atoms with Crippen molar-refractivity contribution in [3.63, 3.8) is 0 Å². The number of aliphatic hydroxyl groups is 1. The number of nitrogens with one attached hydrogen (secondary N) is 2. The minimum atomic E-state index is 0.0170. The Balaban J connectivity index is 1.46. The molecular formula is C19H36N4O2. The Morgan fingerprint density at radius 3 is 2.72 bits per heavy atom. The minimum Gasteiger partial charge on any atom is -0.396 e. The molecule has 0 aromatic heterocycles. The topological polar surface area (TPSA) is 69.1 Å². The molecule has 1 aliphatic heterocycles. The molecule has 1 unspecified atom stereocenters. The molecule has 25 heavy (non-hydrogen) atoms. The first-order valence-electron chi connectivity index (χ1n) is 10.2. The molecule has 1 atom stereocenters. The highest BCUT2D eigenvalue weighted by molar-refractivity contribution is 5.79. The van der Waals surface area contributed by atoms with Crippen LogP contribution in [0.15, 0.2) is 4.99 Å². The molecule has 1 heterocycles. The number of hydrogen-bond donors (Lipinski definition) is 3. The van der Waals surface area contributed by atoms with Crippen LogP contribution < -0.4 is 10.6 Å². The predicted molar refractivity (Wildman–Crippen MR) is 101 cm³/mol. The first-order valence-corrected chi connectivity index (χ1v) is 10.2. The molecule has 0 aromatic rings. The van der Waals surface area contributed by atoms with Crippen molar-refractivity contribution in [2.75, 3.05) is 52.5 Å². The van der Waals surface area contributed by atoms with Crippen molar-refractivity contribution in [2.24, 2.45) is 16.3 Å². The molecule has 144 valence electrons. The molecule has 6 nitrogen and oxygen atoms in total. The van der Waals surface area contributed by atoms with Crippen molar-refractivity contribution in [3.05, 3.63) is 0 Å². The Kier molecular flexibility index (Phi) is 6.96. The summed E-state index contributed by atoms with van der Waals surface area (Å²) < 4.78 is 5.57. The van der Waals surface area contributed by atoms with E-state index in [0.29, 0.717) is 6.61 Å². The molecule has 6 heteroatoms. The van der Waals surface area contributed by atoms with E-state index in [2.05, 4.69) is 22.5 Å². The van der Waals surface area contributed by atoms with E-state index in [1.165, 1.54) is 32.2 Å².